The molecule has 244 valence electrons. The molecule has 2 fully saturated rings. The molecule has 0 aromatic heterocycles. The van der Waals surface area contributed by atoms with Crippen LogP contribution >= 0.6 is 23.2 Å². The fourth-order valence-electron chi connectivity index (χ4n) is 6.52. The van der Waals surface area contributed by atoms with Gasteiger partial charge in [0.1, 0.15) is 11.6 Å². The van der Waals surface area contributed by atoms with Crippen LogP contribution in [-0.4, -0.2) is 93.2 Å². The summed E-state index contributed by atoms with van der Waals surface area (Å²) in [6.07, 6.45) is 1.94. The summed E-state index contributed by atoms with van der Waals surface area (Å²) in [7, 11) is 1.71. The number of benzene rings is 3. The highest BCUT2D eigenvalue weighted by Crippen LogP contribution is 2.41. The van der Waals surface area contributed by atoms with Gasteiger partial charge in [-0.2, -0.15) is 0 Å². The van der Waals surface area contributed by atoms with E-state index in [1.165, 1.54) is 4.90 Å². The molecule has 0 bridgehead atoms. The molecule has 0 unspecified atom stereocenters. The van der Waals surface area contributed by atoms with Crippen molar-refractivity contribution in [2.24, 2.45) is 0 Å². The quantitative estimate of drug-likeness (QED) is 0.305. The lowest BCUT2D eigenvalue weighted by atomic mass is 9.89. The van der Waals surface area contributed by atoms with E-state index in [1.807, 2.05) is 23.1 Å². The van der Waals surface area contributed by atoms with Crippen LogP contribution in [0.25, 0.3) is 11.1 Å². The number of nitrogens with zero attached hydrogens (tertiary/aromatic N) is 3. The van der Waals surface area contributed by atoms with Gasteiger partial charge in [-0.25, -0.2) is 9.18 Å². The molecule has 12 heteroatoms. The van der Waals surface area contributed by atoms with E-state index in [2.05, 4.69) is 4.90 Å². The Balaban J connectivity index is 1.22. The molecule has 3 heterocycles. The number of rotatable bonds is 8. The zero-order valence-corrected chi connectivity index (χ0v) is 27.1. The number of carboxylic acids is 1. The van der Waals surface area contributed by atoms with E-state index < -0.39 is 11.8 Å². The van der Waals surface area contributed by atoms with Crippen LogP contribution in [0.2, 0.25) is 10.0 Å². The van der Waals surface area contributed by atoms with E-state index in [9.17, 15) is 14.7 Å². The molecule has 0 saturated carbocycles. The first kappa shape index (κ1) is 32.5. The number of amides is 1. The van der Waals surface area contributed by atoms with Crippen LogP contribution in [0, 0.1) is 5.82 Å². The lowest BCUT2D eigenvalue weighted by Gasteiger charge is -2.33. The number of carbonyl (C=O) groups is 2. The monoisotopic (exact) mass is 671 g/mol. The average molecular weight is 673 g/mol. The molecular weight excluding hydrogens is 636 g/mol. The number of carbonyl (C=O) groups excluding carboxylic acids is 1. The fraction of sp³-hybridized carbons (Fsp3) is 0.412. The Kier molecular flexibility index (Phi) is 10.0. The maximum atomic E-state index is 15.5. The van der Waals surface area contributed by atoms with E-state index in [-0.39, 0.29) is 35.9 Å². The van der Waals surface area contributed by atoms with Crippen LogP contribution in [-0.2, 0) is 16.0 Å². The standard InChI is InChI=1S/C34H36Cl2FN3O6/c1-44-12-9-38-7-5-21(6-8-38)23-15-27(35)31(28(36)16-23)33(41)40-19-22-3-2-4-24(32(22)46-20-40)25-18-30(39-10-13-45-14-11-39)26(34(42)43)17-29(25)37/h2-4,15-18,21H,5-14,19-20H2,1H3,(H,42,43). The summed E-state index contributed by atoms with van der Waals surface area (Å²) in [5.41, 5.74) is 2.92. The van der Waals surface area contributed by atoms with Gasteiger partial charge >= 0.3 is 5.97 Å². The molecule has 3 aliphatic rings. The van der Waals surface area contributed by atoms with Gasteiger partial charge in [0.15, 0.2) is 6.73 Å². The van der Waals surface area contributed by atoms with Gasteiger partial charge in [0, 0.05) is 43.4 Å². The highest BCUT2D eigenvalue weighted by Gasteiger charge is 2.31. The number of aromatic carboxylic acids is 1. The van der Waals surface area contributed by atoms with Gasteiger partial charge in [-0.1, -0.05) is 41.4 Å². The van der Waals surface area contributed by atoms with Gasteiger partial charge in [-0.05, 0) is 61.7 Å². The Morgan fingerprint density at radius 2 is 1.74 bits per heavy atom. The Bertz CT molecular complexity index is 1600. The van der Waals surface area contributed by atoms with E-state index in [1.54, 1.807) is 25.3 Å². The van der Waals surface area contributed by atoms with Gasteiger partial charge in [-0.3, -0.25) is 4.79 Å². The molecule has 3 aliphatic heterocycles. The van der Waals surface area contributed by atoms with Crippen molar-refractivity contribution in [3.05, 3.63) is 80.6 Å². The van der Waals surface area contributed by atoms with Gasteiger partial charge < -0.3 is 34.0 Å². The van der Waals surface area contributed by atoms with Crippen LogP contribution in [0.5, 0.6) is 5.75 Å². The number of halogens is 3. The molecule has 1 N–H and O–H groups in total. The molecule has 6 rings (SSSR count). The first-order valence-electron chi connectivity index (χ1n) is 15.4. The summed E-state index contributed by atoms with van der Waals surface area (Å²) in [5, 5.41) is 10.4. The van der Waals surface area contributed by atoms with E-state index in [4.69, 9.17) is 37.4 Å². The number of piperidine rings is 1. The molecule has 1 amide bonds. The number of morpholine rings is 1. The Morgan fingerprint density at radius 1 is 1.02 bits per heavy atom. The predicted octanol–water partition coefficient (Wildman–Crippen LogP) is 6.15. The molecule has 0 radical (unpaired) electrons. The zero-order chi connectivity index (χ0) is 32.4. The lowest BCUT2D eigenvalue weighted by Crippen LogP contribution is -2.38. The minimum absolute atomic E-state index is 0.0949. The van der Waals surface area contributed by atoms with Gasteiger partial charge in [-0.15, -0.1) is 0 Å². The number of methoxy groups -OCH3 is 1. The number of carboxylic acid groups (broad SMARTS) is 1. The van der Waals surface area contributed by atoms with Crippen LogP contribution in [0.3, 0.4) is 0 Å². The summed E-state index contributed by atoms with van der Waals surface area (Å²) in [5.74, 6) is -1.51. The van der Waals surface area contributed by atoms with E-state index >= 15 is 4.39 Å². The molecule has 2 saturated heterocycles. The van der Waals surface area contributed by atoms with Crippen molar-refractivity contribution in [1.29, 1.82) is 0 Å². The number of likely N-dealkylation sites (tertiary alicyclic amines) is 1. The van der Waals surface area contributed by atoms with Crippen molar-refractivity contribution in [1.82, 2.24) is 9.80 Å². The third-order valence-electron chi connectivity index (χ3n) is 9.02. The largest absolute Gasteiger partial charge is 0.478 e. The SMILES string of the molecule is COCCN1CCC(c2cc(Cl)c(C(=O)N3COc4c(cccc4-c4cc(N5CCOCC5)c(C(=O)O)cc4F)C3)c(Cl)c2)CC1. The summed E-state index contributed by atoms with van der Waals surface area (Å²) in [6, 6.07) is 11.6. The molecule has 3 aromatic carbocycles. The normalized spacial score (nSPS) is 17.5. The van der Waals surface area contributed by atoms with Crippen molar-refractivity contribution in [2.45, 2.75) is 25.3 Å². The summed E-state index contributed by atoms with van der Waals surface area (Å²) >= 11 is 13.4. The number of fused-ring (bicyclic) bond motifs is 1. The minimum atomic E-state index is -1.21. The second kappa shape index (κ2) is 14.1. The smallest absolute Gasteiger partial charge is 0.337 e. The number of anilines is 1. The maximum Gasteiger partial charge on any atom is 0.337 e. The van der Waals surface area contributed by atoms with E-state index in [0.29, 0.717) is 71.4 Å². The first-order chi connectivity index (χ1) is 22.2. The Hall–Kier alpha value is -3.41. The maximum absolute atomic E-state index is 15.5. The molecule has 0 aliphatic carbocycles. The minimum Gasteiger partial charge on any atom is -0.478 e. The second-order valence-electron chi connectivity index (χ2n) is 11.8. The van der Waals surface area contributed by atoms with Crippen molar-refractivity contribution >= 4 is 40.8 Å². The first-order valence-corrected chi connectivity index (χ1v) is 16.1. The van der Waals surface area contributed by atoms with Crippen molar-refractivity contribution < 1.29 is 33.3 Å². The summed E-state index contributed by atoms with van der Waals surface area (Å²) in [4.78, 5) is 31.5. The highest BCUT2D eigenvalue weighted by atomic mass is 35.5. The lowest BCUT2D eigenvalue weighted by molar-refractivity contribution is 0.0516. The molecule has 3 aromatic rings. The molecule has 0 spiro atoms. The number of ether oxygens (including phenoxy) is 3. The van der Waals surface area contributed by atoms with E-state index in [0.717, 1.165) is 44.1 Å². The predicted molar refractivity (Wildman–Crippen MR) is 174 cm³/mol. The fourth-order valence-corrected chi connectivity index (χ4v) is 7.19. The topological polar surface area (TPSA) is 91.8 Å². The zero-order valence-electron chi connectivity index (χ0n) is 25.6. The van der Waals surface area contributed by atoms with Gasteiger partial charge in [0.2, 0.25) is 0 Å². The van der Waals surface area contributed by atoms with Crippen molar-refractivity contribution in [3.63, 3.8) is 0 Å². The van der Waals surface area contributed by atoms with Crippen LogP contribution < -0.4 is 9.64 Å². The third-order valence-corrected chi connectivity index (χ3v) is 9.61. The van der Waals surface area contributed by atoms with Gasteiger partial charge in [0.05, 0.1) is 53.2 Å². The van der Waals surface area contributed by atoms with Crippen molar-refractivity contribution in [3.8, 4) is 16.9 Å². The van der Waals surface area contributed by atoms with Crippen molar-refractivity contribution in [2.75, 3.05) is 71.3 Å². The molecule has 9 nitrogen and oxygen atoms in total. The second-order valence-corrected chi connectivity index (χ2v) is 12.6. The van der Waals surface area contributed by atoms with Crippen LogP contribution in [0.1, 0.15) is 50.6 Å². The molecule has 46 heavy (non-hydrogen) atoms. The number of hydrogen-bond acceptors (Lipinski definition) is 7. The Labute approximate surface area is 277 Å². The number of para-hydroxylation sites is 1. The molecule has 0 atom stereocenters. The van der Waals surface area contributed by atoms with Gasteiger partial charge in [0.25, 0.3) is 5.91 Å². The van der Waals surface area contributed by atoms with Crippen LogP contribution in [0.4, 0.5) is 10.1 Å². The summed E-state index contributed by atoms with van der Waals surface area (Å²) in [6.45, 7) is 5.51. The highest BCUT2D eigenvalue weighted by molar-refractivity contribution is 6.39. The Morgan fingerprint density at radius 3 is 2.41 bits per heavy atom. The molecular formula is C34H36Cl2FN3O6. The van der Waals surface area contributed by atoms with Crippen LogP contribution in [0.15, 0.2) is 42.5 Å². The summed E-state index contributed by atoms with van der Waals surface area (Å²) < 4.78 is 32.2. The third kappa shape index (κ3) is 6.68. The average Bonchev–Trinajstić information content (AvgIpc) is 3.07. The number of hydrogen-bond donors (Lipinski definition) is 1.